The zero-order chi connectivity index (χ0) is 18.2. The Morgan fingerprint density at radius 3 is 2.67 bits per heavy atom. The number of anilines is 1. The normalized spacial score (nSPS) is 19.2. The van der Waals surface area contributed by atoms with Gasteiger partial charge in [-0.1, -0.05) is 12.1 Å². The van der Waals surface area contributed by atoms with Crippen molar-refractivity contribution in [3.63, 3.8) is 0 Å². The zero-order valence-corrected chi connectivity index (χ0v) is 16.6. The molecule has 1 aliphatic heterocycles. The van der Waals surface area contributed by atoms with Crippen LogP contribution in [0.5, 0.6) is 0 Å². The molecule has 0 amide bonds. The average molecular weight is 380 g/mol. The van der Waals surface area contributed by atoms with Gasteiger partial charge in [-0.25, -0.2) is 15.0 Å². The first-order valence-electron chi connectivity index (χ1n) is 9.97. The molecule has 1 aromatic carbocycles. The fraction of sp³-hybridized carbons (Fsp3) is 0.476. The standard InChI is InChI=1S/C21H25N5S/c1-15(20-23-18-8-4-5-9-19(18)27-20)25-10-12-26(13-11-25)21-22-14-16-6-2-3-7-17(16)24-21/h4-5,8-9,14-15H,2-3,6-7,10-13H2,1H3. The van der Waals surface area contributed by atoms with Gasteiger partial charge in [0, 0.05) is 38.1 Å². The quantitative estimate of drug-likeness (QED) is 0.692. The molecule has 5 nitrogen and oxygen atoms in total. The molecule has 2 aliphatic rings. The van der Waals surface area contributed by atoms with Gasteiger partial charge in [0.1, 0.15) is 5.01 Å². The Bertz CT molecular complexity index is 912. The van der Waals surface area contributed by atoms with Gasteiger partial charge in [-0.05, 0) is 50.3 Å². The molecular weight excluding hydrogens is 354 g/mol. The summed E-state index contributed by atoms with van der Waals surface area (Å²) in [5.41, 5.74) is 3.75. The Kier molecular flexibility index (Phi) is 4.53. The van der Waals surface area contributed by atoms with Gasteiger partial charge in [0.25, 0.3) is 0 Å². The van der Waals surface area contributed by atoms with E-state index in [2.05, 4.69) is 52.2 Å². The summed E-state index contributed by atoms with van der Waals surface area (Å²) >= 11 is 1.82. The van der Waals surface area contributed by atoms with E-state index in [0.29, 0.717) is 6.04 Å². The Hall–Kier alpha value is -2.05. The minimum absolute atomic E-state index is 0.356. The number of thiazole rings is 1. The van der Waals surface area contributed by atoms with Crippen LogP contribution in [0.25, 0.3) is 10.2 Å². The Morgan fingerprint density at radius 1 is 1.00 bits per heavy atom. The van der Waals surface area contributed by atoms with Crippen molar-refractivity contribution in [2.24, 2.45) is 0 Å². The van der Waals surface area contributed by atoms with Gasteiger partial charge < -0.3 is 4.90 Å². The van der Waals surface area contributed by atoms with Crippen molar-refractivity contribution in [1.29, 1.82) is 0 Å². The zero-order valence-electron chi connectivity index (χ0n) is 15.8. The Labute approximate surface area is 164 Å². The maximum Gasteiger partial charge on any atom is 0.225 e. The third-order valence-electron chi connectivity index (χ3n) is 5.86. The molecule has 3 aromatic rings. The SMILES string of the molecule is CC(c1nc2ccccc2s1)N1CCN(c2ncc3c(n2)CCCC3)CC1. The highest BCUT2D eigenvalue weighted by atomic mass is 32.1. The number of fused-ring (bicyclic) bond motifs is 2. The van der Waals surface area contributed by atoms with E-state index in [4.69, 9.17) is 9.97 Å². The lowest BCUT2D eigenvalue weighted by molar-refractivity contribution is 0.197. The average Bonchev–Trinajstić information content (AvgIpc) is 3.17. The third kappa shape index (κ3) is 3.32. The minimum atomic E-state index is 0.356. The van der Waals surface area contributed by atoms with Crippen molar-refractivity contribution in [2.45, 2.75) is 38.6 Å². The number of rotatable bonds is 3. The second-order valence-corrected chi connectivity index (χ2v) is 8.63. The smallest absolute Gasteiger partial charge is 0.225 e. The monoisotopic (exact) mass is 379 g/mol. The summed E-state index contributed by atoms with van der Waals surface area (Å²) < 4.78 is 1.28. The summed E-state index contributed by atoms with van der Waals surface area (Å²) in [6, 6.07) is 8.77. The maximum absolute atomic E-state index is 4.88. The number of para-hydroxylation sites is 1. The van der Waals surface area contributed by atoms with E-state index >= 15 is 0 Å². The van der Waals surface area contributed by atoms with Crippen molar-refractivity contribution in [3.8, 4) is 0 Å². The summed E-state index contributed by atoms with van der Waals surface area (Å²) in [4.78, 5) is 19.3. The number of benzene rings is 1. The highest BCUT2D eigenvalue weighted by Crippen LogP contribution is 2.30. The van der Waals surface area contributed by atoms with Crippen LogP contribution in [-0.2, 0) is 12.8 Å². The molecule has 0 radical (unpaired) electrons. The van der Waals surface area contributed by atoms with Crippen LogP contribution in [0.4, 0.5) is 5.95 Å². The third-order valence-corrected chi connectivity index (χ3v) is 7.07. The molecule has 27 heavy (non-hydrogen) atoms. The lowest BCUT2D eigenvalue weighted by atomic mass is 9.98. The largest absolute Gasteiger partial charge is 0.338 e. The van der Waals surface area contributed by atoms with Crippen molar-refractivity contribution >= 4 is 27.5 Å². The van der Waals surface area contributed by atoms with Gasteiger partial charge in [0.05, 0.1) is 16.3 Å². The molecule has 0 N–H and O–H groups in total. The first-order chi connectivity index (χ1) is 13.3. The number of aryl methyl sites for hydroxylation is 2. The van der Waals surface area contributed by atoms with Gasteiger partial charge in [-0.3, -0.25) is 4.90 Å². The van der Waals surface area contributed by atoms with Crippen molar-refractivity contribution in [2.75, 3.05) is 31.1 Å². The Balaban J connectivity index is 1.27. The number of hydrogen-bond donors (Lipinski definition) is 0. The van der Waals surface area contributed by atoms with E-state index < -0.39 is 0 Å². The molecule has 0 saturated carbocycles. The van der Waals surface area contributed by atoms with E-state index in [1.54, 1.807) is 0 Å². The second-order valence-electron chi connectivity index (χ2n) is 7.57. The lowest BCUT2D eigenvalue weighted by Gasteiger charge is -2.37. The fourth-order valence-corrected chi connectivity index (χ4v) is 5.21. The van der Waals surface area contributed by atoms with Crippen LogP contribution in [0.3, 0.4) is 0 Å². The molecule has 1 fully saturated rings. The molecule has 2 aromatic heterocycles. The predicted molar refractivity (Wildman–Crippen MR) is 110 cm³/mol. The van der Waals surface area contributed by atoms with Crippen LogP contribution >= 0.6 is 11.3 Å². The molecule has 1 saturated heterocycles. The summed E-state index contributed by atoms with van der Waals surface area (Å²) in [7, 11) is 0. The van der Waals surface area contributed by atoms with E-state index in [1.165, 1.54) is 33.8 Å². The fourth-order valence-electron chi connectivity index (χ4n) is 4.15. The van der Waals surface area contributed by atoms with Gasteiger partial charge in [0.2, 0.25) is 5.95 Å². The van der Waals surface area contributed by atoms with Crippen LogP contribution in [0.15, 0.2) is 30.5 Å². The first-order valence-corrected chi connectivity index (χ1v) is 10.8. The molecule has 1 unspecified atom stereocenters. The molecule has 0 spiro atoms. The summed E-state index contributed by atoms with van der Waals surface area (Å²) in [5.74, 6) is 0.919. The van der Waals surface area contributed by atoms with Crippen molar-refractivity contribution < 1.29 is 0 Å². The molecule has 1 atom stereocenters. The Morgan fingerprint density at radius 2 is 1.81 bits per heavy atom. The van der Waals surface area contributed by atoms with Crippen LogP contribution in [0.2, 0.25) is 0 Å². The molecule has 3 heterocycles. The van der Waals surface area contributed by atoms with Crippen LogP contribution in [-0.4, -0.2) is 46.0 Å². The lowest BCUT2D eigenvalue weighted by Crippen LogP contribution is -2.47. The number of aromatic nitrogens is 3. The van der Waals surface area contributed by atoms with E-state index in [1.807, 2.05) is 11.3 Å². The molecule has 6 heteroatoms. The topological polar surface area (TPSA) is 45.2 Å². The summed E-state index contributed by atoms with van der Waals surface area (Å²) in [5, 5.41) is 1.22. The van der Waals surface area contributed by atoms with Gasteiger partial charge >= 0.3 is 0 Å². The molecule has 1 aliphatic carbocycles. The van der Waals surface area contributed by atoms with Gasteiger partial charge in [0.15, 0.2) is 0 Å². The van der Waals surface area contributed by atoms with E-state index in [-0.39, 0.29) is 0 Å². The number of piperazine rings is 1. The van der Waals surface area contributed by atoms with Crippen molar-refractivity contribution in [3.05, 3.63) is 46.7 Å². The summed E-state index contributed by atoms with van der Waals surface area (Å²) in [6.45, 7) is 6.29. The highest BCUT2D eigenvalue weighted by Gasteiger charge is 2.26. The van der Waals surface area contributed by atoms with E-state index in [0.717, 1.165) is 50.5 Å². The van der Waals surface area contributed by atoms with Crippen LogP contribution in [0, 0.1) is 0 Å². The molecule has 140 valence electrons. The predicted octanol–water partition coefficient (Wildman–Crippen LogP) is 3.85. The highest BCUT2D eigenvalue weighted by molar-refractivity contribution is 7.18. The van der Waals surface area contributed by atoms with Crippen molar-refractivity contribution in [1.82, 2.24) is 19.9 Å². The maximum atomic E-state index is 4.88. The second kappa shape index (κ2) is 7.17. The first kappa shape index (κ1) is 17.1. The van der Waals surface area contributed by atoms with Gasteiger partial charge in [-0.2, -0.15) is 0 Å². The van der Waals surface area contributed by atoms with Crippen LogP contribution < -0.4 is 4.90 Å². The number of nitrogens with zero attached hydrogens (tertiary/aromatic N) is 5. The van der Waals surface area contributed by atoms with Crippen LogP contribution in [0.1, 0.15) is 42.1 Å². The molecule has 0 bridgehead atoms. The summed E-state index contributed by atoms with van der Waals surface area (Å²) in [6.07, 6.45) is 6.85. The number of hydrogen-bond acceptors (Lipinski definition) is 6. The molecule has 5 rings (SSSR count). The van der Waals surface area contributed by atoms with E-state index in [9.17, 15) is 0 Å². The molecular formula is C21H25N5S. The minimum Gasteiger partial charge on any atom is -0.338 e. The van der Waals surface area contributed by atoms with Gasteiger partial charge in [-0.15, -0.1) is 11.3 Å².